The topological polar surface area (TPSA) is 90.5 Å². The zero-order valence-corrected chi connectivity index (χ0v) is 8.46. The summed E-state index contributed by atoms with van der Waals surface area (Å²) in [5.74, 6) is -0.751. The minimum Gasteiger partial charge on any atom is -0.489 e. The highest BCUT2D eigenvalue weighted by molar-refractivity contribution is 5.67. The lowest BCUT2D eigenvalue weighted by Crippen LogP contribution is -2.21. The fourth-order valence-electron chi connectivity index (χ4n) is 1.13. The third-order valence-corrected chi connectivity index (χ3v) is 1.85. The van der Waals surface area contributed by atoms with Crippen LogP contribution in [0, 0.1) is 11.3 Å². The summed E-state index contributed by atoms with van der Waals surface area (Å²) in [5.41, 5.74) is 0.352. The lowest BCUT2D eigenvalue weighted by atomic mass is 10.2. The molecule has 2 N–H and O–H groups in total. The molecule has 0 aliphatic carbocycles. The molecule has 1 aromatic carbocycles. The van der Waals surface area contributed by atoms with Crippen LogP contribution in [0.2, 0.25) is 0 Å². The van der Waals surface area contributed by atoms with Crippen LogP contribution in [-0.2, 0) is 4.79 Å². The molecule has 0 amide bonds. The van der Waals surface area contributed by atoms with Crippen LogP contribution in [0.3, 0.4) is 0 Å². The van der Waals surface area contributed by atoms with Crippen LogP contribution in [0.15, 0.2) is 24.3 Å². The van der Waals surface area contributed by atoms with Crippen LogP contribution in [0.1, 0.15) is 12.0 Å². The van der Waals surface area contributed by atoms with Gasteiger partial charge in [-0.15, -0.1) is 0 Å². The van der Waals surface area contributed by atoms with Gasteiger partial charge in [-0.3, -0.25) is 4.79 Å². The van der Waals surface area contributed by atoms with Crippen molar-refractivity contribution in [3.63, 3.8) is 0 Å². The number of aliphatic hydroxyl groups excluding tert-OH is 1. The van der Waals surface area contributed by atoms with E-state index in [1.165, 1.54) is 0 Å². The van der Waals surface area contributed by atoms with Gasteiger partial charge in [0, 0.05) is 0 Å². The van der Waals surface area contributed by atoms with Crippen molar-refractivity contribution in [1.82, 2.24) is 0 Å². The first-order valence-electron chi connectivity index (χ1n) is 4.65. The maximum absolute atomic E-state index is 10.3. The summed E-state index contributed by atoms with van der Waals surface area (Å²) < 4.78 is 5.15. The lowest BCUT2D eigenvalue weighted by molar-refractivity contribution is -0.139. The molecule has 0 fully saturated rings. The molecule has 0 radical (unpaired) electrons. The quantitative estimate of drug-likeness (QED) is 0.766. The number of nitriles is 1. The van der Waals surface area contributed by atoms with E-state index in [-0.39, 0.29) is 13.0 Å². The molecule has 0 aliphatic rings. The van der Waals surface area contributed by atoms with E-state index in [4.69, 9.17) is 15.1 Å². The number of para-hydroxylation sites is 1. The Balaban J connectivity index is 2.55. The Bertz CT molecular complexity index is 411. The molecular formula is C11H11NO4. The molecule has 1 aromatic rings. The van der Waals surface area contributed by atoms with Crippen molar-refractivity contribution in [2.24, 2.45) is 0 Å². The summed E-state index contributed by atoms with van der Waals surface area (Å²) in [6.45, 7) is -0.148. The third kappa shape index (κ3) is 3.59. The number of hydrogen-bond acceptors (Lipinski definition) is 4. The zero-order valence-electron chi connectivity index (χ0n) is 8.46. The van der Waals surface area contributed by atoms with Crippen LogP contribution in [0.25, 0.3) is 0 Å². The van der Waals surface area contributed by atoms with Gasteiger partial charge in [0.1, 0.15) is 18.4 Å². The number of hydrogen-bond donors (Lipinski definition) is 2. The summed E-state index contributed by atoms with van der Waals surface area (Å²) in [4.78, 5) is 10.3. The molecule has 84 valence electrons. The SMILES string of the molecule is N#Cc1ccccc1OCC(O)CC(=O)O. The Labute approximate surface area is 92.5 Å². The normalized spacial score (nSPS) is 11.5. The molecule has 0 saturated heterocycles. The van der Waals surface area contributed by atoms with E-state index in [9.17, 15) is 9.90 Å². The monoisotopic (exact) mass is 221 g/mol. The van der Waals surface area contributed by atoms with E-state index >= 15 is 0 Å². The van der Waals surface area contributed by atoms with Crippen molar-refractivity contribution in [3.8, 4) is 11.8 Å². The van der Waals surface area contributed by atoms with Crippen LogP contribution >= 0.6 is 0 Å². The number of ether oxygens (including phenoxy) is 1. The summed E-state index contributed by atoms with van der Waals surface area (Å²) in [6, 6.07) is 8.50. The van der Waals surface area contributed by atoms with Crippen LogP contribution < -0.4 is 4.74 Å². The average Bonchev–Trinajstić information content (AvgIpc) is 2.26. The molecule has 0 aromatic heterocycles. The van der Waals surface area contributed by atoms with Crippen molar-refractivity contribution in [2.75, 3.05) is 6.61 Å². The number of carboxylic acid groups (broad SMARTS) is 1. The van der Waals surface area contributed by atoms with Gasteiger partial charge in [-0.05, 0) is 12.1 Å². The summed E-state index contributed by atoms with van der Waals surface area (Å²) in [7, 11) is 0. The van der Waals surface area contributed by atoms with Gasteiger partial charge in [0.05, 0.1) is 18.1 Å². The molecule has 1 unspecified atom stereocenters. The fraction of sp³-hybridized carbons (Fsp3) is 0.273. The molecule has 5 nitrogen and oxygen atoms in total. The van der Waals surface area contributed by atoms with Crippen molar-refractivity contribution in [3.05, 3.63) is 29.8 Å². The minimum absolute atomic E-state index is 0.148. The van der Waals surface area contributed by atoms with Crippen molar-refractivity contribution >= 4 is 5.97 Å². The number of carboxylic acids is 1. The van der Waals surface area contributed by atoms with Gasteiger partial charge in [-0.25, -0.2) is 0 Å². The van der Waals surface area contributed by atoms with E-state index in [0.29, 0.717) is 11.3 Å². The molecule has 0 saturated carbocycles. The second-order valence-electron chi connectivity index (χ2n) is 3.17. The van der Waals surface area contributed by atoms with E-state index < -0.39 is 12.1 Å². The van der Waals surface area contributed by atoms with E-state index in [0.717, 1.165) is 0 Å². The summed E-state index contributed by atoms with van der Waals surface area (Å²) in [6.07, 6.45) is -1.46. The second-order valence-corrected chi connectivity index (χ2v) is 3.17. The Hall–Kier alpha value is -2.06. The zero-order chi connectivity index (χ0) is 12.0. The molecule has 1 atom stereocenters. The van der Waals surface area contributed by atoms with Crippen LogP contribution in [0.5, 0.6) is 5.75 Å². The lowest BCUT2D eigenvalue weighted by Gasteiger charge is -2.11. The molecule has 0 bridgehead atoms. The van der Waals surface area contributed by atoms with Gasteiger partial charge in [0.2, 0.25) is 0 Å². The van der Waals surface area contributed by atoms with Gasteiger partial charge >= 0.3 is 5.97 Å². The van der Waals surface area contributed by atoms with Crippen molar-refractivity contribution in [1.29, 1.82) is 5.26 Å². The molecule has 5 heteroatoms. The van der Waals surface area contributed by atoms with Gasteiger partial charge in [0.25, 0.3) is 0 Å². The van der Waals surface area contributed by atoms with Crippen LogP contribution in [-0.4, -0.2) is 28.9 Å². The highest BCUT2D eigenvalue weighted by Crippen LogP contribution is 2.16. The maximum atomic E-state index is 10.3. The Morgan fingerprint density at radius 3 is 2.81 bits per heavy atom. The predicted molar refractivity (Wildman–Crippen MR) is 54.9 cm³/mol. The molecule has 0 aliphatic heterocycles. The largest absolute Gasteiger partial charge is 0.489 e. The highest BCUT2D eigenvalue weighted by Gasteiger charge is 2.11. The molecular weight excluding hydrogens is 210 g/mol. The molecule has 16 heavy (non-hydrogen) atoms. The first kappa shape index (κ1) is 12.0. The summed E-state index contributed by atoms with van der Waals surface area (Å²) in [5, 5.41) is 26.4. The van der Waals surface area contributed by atoms with Crippen LogP contribution in [0.4, 0.5) is 0 Å². The Morgan fingerprint density at radius 2 is 2.19 bits per heavy atom. The molecule has 1 rings (SSSR count). The Kier molecular flexibility index (Phi) is 4.30. The summed E-state index contributed by atoms with van der Waals surface area (Å²) >= 11 is 0. The second kappa shape index (κ2) is 5.73. The number of aliphatic carboxylic acids is 1. The number of benzene rings is 1. The van der Waals surface area contributed by atoms with Gasteiger partial charge in [-0.1, -0.05) is 12.1 Å². The van der Waals surface area contributed by atoms with Gasteiger partial charge in [0.15, 0.2) is 0 Å². The Morgan fingerprint density at radius 1 is 1.50 bits per heavy atom. The highest BCUT2D eigenvalue weighted by atomic mass is 16.5. The molecule has 0 spiro atoms. The van der Waals surface area contributed by atoms with E-state index in [1.54, 1.807) is 24.3 Å². The predicted octanol–water partition coefficient (Wildman–Crippen LogP) is 0.773. The maximum Gasteiger partial charge on any atom is 0.306 e. The van der Waals surface area contributed by atoms with Crippen molar-refractivity contribution < 1.29 is 19.7 Å². The number of rotatable bonds is 5. The molecule has 0 heterocycles. The average molecular weight is 221 g/mol. The van der Waals surface area contributed by atoms with Gasteiger partial charge < -0.3 is 14.9 Å². The smallest absolute Gasteiger partial charge is 0.306 e. The van der Waals surface area contributed by atoms with E-state index in [2.05, 4.69) is 0 Å². The number of carbonyl (C=O) groups is 1. The fourth-order valence-corrected chi connectivity index (χ4v) is 1.13. The number of nitrogens with zero attached hydrogens (tertiary/aromatic N) is 1. The van der Waals surface area contributed by atoms with Crippen molar-refractivity contribution in [2.45, 2.75) is 12.5 Å². The first-order chi connectivity index (χ1) is 7.63. The minimum atomic E-state index is -1.09. The standard InChI is InChI=1S/C11H11NO4/c12-6-8-3-1-2-4-10(8)16-7-9(13)5-11(14)15/h1-4,9,13H,5,7H2,(H,14,15). The number of aliphatic hydroxyl groups is 1. The van der Waals surface area contributed by atoms with E-state index in [1.807, 2.05) is 6.07 Å². The third-order valence-electron chi connectivity index (χ3n) is 1.85. The van der Waals surface area contributed by atoms with Gasteiger partial charge in [-0.2, -0.15) is 5.26 Å². The first-order valence-corrected chi connectivity index (χ1v) is 4.65.